The maximum atomic E-state index is 13.5. The van der Waals surface area contributed by atoms with Gasteiger partial charge in [-0.3, -0.25) is 4.79 Å². The van der Waals surface area contributed by atoms with E-state index in [9.17, 15) is 9.18 Å². The molecule has 0 aliphatic heterocycles. The molecule has 6 nitrogen and oxygen atoms in total. The Bertz CT molecular complexity index is 1200. The fourth-order valence-corrected chi connectivity index (χ4v) is 3.85. The highest BCUT2D eigenvalue weighted by molar-refractivity contribution is 6.28. The smallest absolute Gasteiger partial charge is 0.221 e. The normalized spacial score (nSPS) is 16.0. The van der Waals surface area contributed by atoms with Gasteiger partial charge in [-0.25, -0.2) is 14.4 Å². The van der Waals surface area contributed by atoms with Crippen molar-refractivity contribution < 1.29 is 9.18 Å². The molecule has 1 aliphatic carbocycles. The van der Waals surface area contributed by atoms with Crippen LogP contribution < -0.4 is 5.73 Å². The second kappa shape index (κ2) is 18.7. The lowest BCUT2D eigenvalue weighted by atomic mass is 9.97. The number of alkyl halides is 1. The number of halogens is 1. The van der Waals surface area contributed by atoms with Crippen LogP contribution >= 0.6 is 0 Å². The first kappa shape index (κ1) is 36.4. The molecule has 0 spiro atoms. The van der Waals surface area contributed by atoms with E-state index in [1.807, 2.05) is 48.5 Å². The molecule has 0 bridgehead atoms. The van der Waals surface area contributed by atoms with E-state index < -0.39 is 6.67 Å². The first-order valence-corrected chi connectivity index (χ1v) is 13.9. The van der Waals surface area contributed by atoms with Crippen LogP contribution in [0.3, 0.4) is 0 Å². The number of likely N-dealkylation sites (N-methyl/N-ethyl adjacent to an activating group) is 2. The van der Waals surface area contributed by atoms with Crippen LogP contribution in [-0.2, 0) is 0 Å². The molecule has 0 saturated heterocycles. The summed E-state index contributed by atoms with van der Waals surface area (Å²) in [5.74, 6) is -0.133. The van der Waals surface area contributed by atoms with Gasteiger partial charge in [-0.2, -0.15) is 0 Å². The minimum Gasteiger partial charge on any atom is -0.377 e. The zero-order valence-electron chi connectivity index (χ0n) is 26.5. The van der Waals surface area contributed by atoms with Crippen LogP contribution in [0, 0.1) is 0 Å². The highest BCUT2D eigenvalue weighted by Crippen LogP contribution is 2.42. The summed E-state index contributed by atoms with van der Waals surface area (Å²) in [6.07, 6.45) is 12.1. The van der Waals surface area contributed by atoms with Crippen molar-refractivity contribution in [2.75, 3.05) is 46.6 Å². The molecular formula is C33H50FN5O. The van der Waals surface area contributed by atoms with Crippen LogP contribution in [0.5, 0.6) is 0 Å². The third-order valence-electron chi connectivity index (χ3n) is 6.18. The zero-order chi connectivity index (χ0) is 31.0. The monoisotopic (exact) mass is 551 g/mol. The van der Waals surface area contributed by atoms with E-state index in [1.54, 1.807) is 24.3 Å². The molecule has 2 rings (SSSR count). The molecule has 1 aliphatic rings. The maximum absolute atomic E-state index is 13.5. The lowest BCUT2D eigenvalue weighted by Gasteiger charge is -2.21. The molecule has 0 fully saturated rings. The predicted octanol–water partition coefficient (Wildman–Crippen LogP) is 7.47. The number of nitrogens with two attached hydrogens (primary N) is 1. The van der Waals surface area contributed by atoms with Gasteiger partial charge in [0.2, 0.25) is 5.95 Å². The molecule has 1 aromatic heterocycles. The molecule has 40 heavy (non-hydrogen) atoms. The van der Waals surface area contributed by atoms with Crippen LogP contribution in [0.1, 0.15) is 77.1 Å². The number of hydrogen-bond acceptors (Lipinski definition) is 6. The van der Waals surface area contributed by atoms with Gasteiger partial charge in [0.25, 0.3) is 0 Å². The Morgan fingerprint density at radius 1 is 1.00 bits per heavy atom. The minimum atomic E-state index is -0.642. The number of nitrogen functional groups attached to an aromatic ring is 1. The molecule has 1 heterocycles. The number of carbonyl (C=O) groups excluding carboxylic acids is 1. The number of ketones is 1. The summed E-state index contributed by atoms with van der Waals surface area (Å²) in [6.45, 7) is 20.9. The van der Waals surface area contributed by atoms with Gasteiger partial charge in [-0.15, -0.1) is 0 Å². The van der Waals surface area contributed by atoms with Crippen LogP contribution in [-0.4, -0.2) is 66.5 Å². The van der Waals surface area contributed by atoms with Crippen molar-refractivity contribution >= 4 is 22.9 Å². The number of carbonyl (C=O) groups is 1. The summed E-state index contributed by atoms with van der Waals surface area (Å²) in [5.41, 5.74) is 12.2. The van der Waals surface area contributed by atoms with Gasteiger partial charge in [0.15, 0.2) is 5.78 Å². The standard InChI is InChI=1S/C29H38FN5O.2C2H6/c1-9-12-22(13-11-16-30)26-25-27(33-29(31)32-26)24(23(10-2)28(25)36)21(5)19(3)14-15-20(4)35(8)18-17-34(6)7;2*1-2/h9-15H,1,16-18H2,2-8H3,(H2,31,32,33);2*1-2H3/b13-11-,19-14+,20-15+,22-12+,23-10+,24-21-;;. The topological polar surface area (TPSA) is 75.3 Å². The number of fused-ring (bicyclic) bond motifs is 1. The third kappa shape index (κ3) is 9.56. The largest absolute Gasteiger partial charge is 0.377 e. The average Bonchev–Trinajstić information content (AvgIpc) is 3.24. The van der Waals surface area contributed by atoms with Crippen LogP contribution in [0.4, 0.5) is 10.3 Å². The van der Waals surface area contributed by atoms with Gasteiger partial charge in [-0.05, 0) is 59.0 Å². The Balaban J connectivity index is 0.00000363. The molecule has 0 unspecified atom stereocenters. The van der Waals surface area contributed by atoms with Crippen molar-refractivity contribution in [2.24, 2.45) is 0 Å². The van der Waals surface area contributed by atoms with Crippen molar-refractivity contribution in [3.05, 3.63) is 88.5 Å². The van der Waals surface area contributed by atoms with Gasteiger partial charge >= 0.3 is 0 Å². The van der Waals surface area contributed by atoms with Crippen molar-refractivity contribution in [2.45, 2.75) is 55.4 Å². The number of aromatic nitrogens is 2. The Morgan fingerprint density at radius 3 is 2.15 bits per heavy atom. The minimum absolute atomic E-state index is 0.0442. The molecule has 0 radical (unpaired) electrons. The molecule has 0 amide bonds. The SMILES string of the molecule is C=C/C=C(\C=C/CF)c1nc(N)nc2c1C(=O)C(=C/C)/C2=C(C)/C(C)=C/C=C(\C)N(C)CCN(C)C.CC.CC. The first-order chi connectivity index (χ1) is 19.1. The summed E-state index contributed by atoms with van der Waals surface area (Å²) in [6, 6.07) is 0. The summed E-state index contributed by atoms with van der Waals surface area (Å²) in [5, 5.41) is 0. The van der Waals surface area contributed by atoms with E-state index in [0.29, 0.717) is 28.1 Å². The summed E-state index contributed by atoms with van der Waals surface area (Å²) >= 11 is 0. The zero-order valence-corrected chi connectivity index (χ0v) is 26.5. The third-order valence-corrected chi connectivity index (χ3v) is 6.18. The number of Topliss-reactive ketones (excluding diaryl/α,β-unsaturated/α-hetero) is 1. The summed E-state index contributed by atoms with van der Waals surface area (Å²) in [7, 11) is 6.18. The Hall–Kier alpha value is -3.58. The average molecular weight is 552 g/mol. The van der Waals surface area contributed by atoms with Gasteiger partial charge in [-0.1, -0.05) is 70.7 Å². The maximum Gasteiger partial charge on any atom is 0.221 e. The highest BCUT2D eigenvalue weighted by atomic mass is 19.1. The van der Waals surface area contributed by atoms with E-state index in [1.165, 1.54) is 6.08 Å². The lowest BCUT2D eigenvalue weighted by molar-refractivity contribution is 0.104. The summed E-state index contributed by atoms with van der Waals surface area (Å²) in [4.78, 5) is 26.7. The number of rotatable bonds is 10. The quantitative estimate of drug-likeness (QED) is 0.240. The molecular weight excluding hydrogens is 501 g/mol. The Kier molecular flexibility index (Phi) is 17.0. The fourth-order valence-electron chi connectivity index (χ4n) is 3.85. The van der Waals surface area contributed by atoms with E-state index in [4.69, 9.17) is 5.73 Å². The lowest BCUT2D eigenvalue weighted by Crippen LogP contribution is -2.27. The van der Waals surface area contributed by atoms with Crippen molar-refractivity contribution in [3.8, 4) is 0 Å². The number of anilines is 1. The first-order valence-electron chi connectivity index (χ1n) is 13.9. The number of allylic oxidation sites excluding steroid dienone is 13. The molecule has 0 aromatic carbocycles. The van der Waals surface area contributed by atoms with Crippen LogP contribution in [0.15, 0.2) is 71.5 Å². The van der Waals surface area contributed by atoms with E-state index in [-0.39, 0.29) is 11.7 Å². The van der Waals surface area contributed by atoms with Crippen LogP contribution in [0.2, 0.25) is 0 Å². The van der Waals surface area contributed by atoms with Crippen molar-refractivity contribution in [1.29, 1.82) is 0 Å². The highest BCUT2D eigenvalue weighted by Gasteiger charge is 2.36. The Morgan fingerprint density at radius 2 is 1.62 bits per heavy atom. The second-order valence-corrected chi connectivity index (χ2v) is 8.98. The predicted molar refractivity (Wildman–Crippen MR) is 172 cm³/mol. The molecule has 1 aromatic rings. The number of hydrogen-bond donors (Lipinski definition) is 1. The fraction of sp³-hybridized carbons (Fsp3) is 0.424. The number of nitrogens with zero attached hydrogens (tertiary/aromatic N) is 4. The molecule has 0 atom stereocenters. The van der Waals surface area contributed by atoms with E-state index in [2.05, 4.69) is 66.6 Å². The summed E-state index contributed by atoms with van der Waals surface area (Å²) < 4.78 is 12.9. The van der Waals surface area contributed by atoms with E-state index >= 15 is 0 Å². The second-order valence-electron chi connectivity index (χ2n) is 8.98. The molecule has 0 saturated carbocycles. The van der Waals surface area contributed by atoms with E-state index in [0.717, 1.165) is 35.5 Å². The van der Waals surface area contributed by atoms with Gasteiger partial charge in [0, 0.05) is 42.6 Å². The van der Waals surface area contributed by atoms with Crippen molar-refractivity contribution in [1.82, 2.24) is 19.8 Å². The van der Waals surface area contributed by atoms with Gasteiger partial charge in [0.05, 0.1) is 17.0 Å². The Labute approximate surface area is 242 Å². The van der Waals surface area contributed by atoms with Gasteiger partial charge in [0.1, 0.15) is 6.67 Å². The molecule has 220 valence electrons. The van der Waals surface area contributed by atoms with Gasteiger partial charge < -0.3 is 15.5 Å². The van der Waals surface area contributed by atoms with Crippen molar-refractivity contribution in [3.63, 3.8) is 0 Å². The van der Waals surface area contributed by atoms with Crippen LogP contribution in [0.25, 0.3) is 11.1 Å². The molecule has 2 N–H and O–H groups in total. The molecule has 7 heteroatoms.